The number of unbranched alkanes of at least 4 members (excludes halogenated alkanes) is 10. The average molecular weight is 423 g/mol. The number of hydrazone groups is 1. The van der Waals surface area contributed by atoms with E-state index in [9.17, 15) is 4.79 Å². The molecule has 0 atom stereocenters. The van der Waals surface area contributed by atoms with Crippen molar-refractivity contribution in [3.8, 4) is 11.5 Å². The van der Waals surface area contributed by atoms with E-state index in [0.29, 0.717) is 6.42 Å². The highest BCUT2D eigenvalue weighted by Gasteiger charge is 2.01. The molecule has 0 saturated heterocycles. The van der Waals surface area contributed by atoms with Gasteiger partial charge in [0.05, 0.1) is 6.21 Å². The highest BCUT2D eigenvalue weighted by atomic mass is 16.5. The van der Waals surface area contributed by atoms with E-state index in [-0.39, 0.29) is 5.91 Å². The summed E-state index contributed by atoms with van der Waals surface area (Å²) >= 11 is 0. The average Bonchev–Trinajstić information content (AvgIpc) is 2.78. The van der Waals surface area contributed by atoms with Gasteiger partial charge in [0.2, 0.25) is 5.91 Å². The van der Waals surface area contributed by atoms with Crippen LogP contribution in [0.2, 0.25) is 0 Å². The first-order chi connectivity index (χ1) is 15.3. The maximum Gasteiger partial charge on any atom is 0.240 e. The van der Waals surface area contributed by atoms with Gasteiger partial charge in [-0.25, -0.2) is 5.43 Å². The molecule has 0 bridgehead atoms. The molecule has 1 N–H and O–H groups in total. The maximum absolute atomic E-state index is 12.0. The molecule has 0 unspecified atom stereocenters. The molecule has 168 valence electrons. The van der Waals surface area contributed by atoms with E-state index < -0.39 is 0 Å². The number of hydrogen-bond acceptors (Lipinski definition) is 3. The van der Waals surface area contributed by atoms with Crippen molar-refractivity contribution in [2.24, 2.45) is 5.10 Å². The van der Waals surface area contributed by atoms with Crippen molar-refractivity contribution < 1.29 is 9.53 Å². The fourth-order valence-electron chi connectivity index (χ4n) is 3.47. The summed E-state index contributed by atoms with van der Waals surface area (Å²) in [5.41, 5.74) is 3.50. The van der Waals surface area contributed by atoms with Gasteiger partial charge in [-0.15, -0.1) is 0 Å². The molecule has 0 heterocycles. The summed E-state index contributed by atoms with van der Waals surface area (Å²) in [7, 11) is 0. The smallest absolute Gasteiger partial charge is 0.240 e. The van der Waals surface area contributed by atoms with Crippen molar-refractivity contribution in [1.82, 2.24) is 5.43 Å². The third-order valence-corrected chi connectivity index (χ3v) is 5.25. The minimum absolute atomic E-state index is 0.0242. The number of nitrogens with one attached hydrogen (secondary N) is 1. The van der Waals surface area contributed by atoms with Crippen LogP contribution in [0, 0.1) is 0 Å². The summed E-state index contributed by atoms with van der Waals surface area (Å²) < 4.78 is 5.82. The number of nitrogens with zero attached hydrogens (tertiary/aromatic N) is 1. The largest absolute Gasteiger partial charge is 0.457 e. The molecule has 0 aliphatic heterocycles. The predicted octanol–water partition coefficient (Wildman–Crippen LogP) is 7.63. The van der Waals surface area contributed by atoms with Gasteiger partial charge in [-0.1, -0.05) is 101 Å². The monoisotopic (exact) mass is 422 g/mol. The van der Waals surface area contributed by atoms with Gasteiger partial charge < -0.3 is 4.74 Å². The van der Waals surface area contributed by atoms with Crippen molar-refractivity contribution in [3.05, 3.63) is 60.2 Å². The molecule has 0 aromatic heterocycles. The Kier molecular flexibility index (Phi) is 12.8. The Morgan fingerprint density at radius 1 is 0.806 bits per heavy atom. The van der Waals surface area contributed by atoms with Crippen molar-refractivity contribution in [2.45, 2.75) is 84.0 Å². The highest BCUT2D eigenvalue weighted by molar-refractivity contribution is 5.82. The molecule has 1 amide bonds. The van der Waals surface area contributed by atoms with Crippen LogP contribution in [0.15, 0.2) is 59.7 Å². The van der Waals surface area contributed by atoms with Crippen LogP contribution in [-0.4, -0.2) is 12.1 Å². The quantitative estimate of drug-likeness (QED) is 0.172. The van der Waals surface area contributed by atoms with Crippen molar-refractivity contribution >= 4 is 12.1 Å². The molecule has 31 heavy (non-hydrogen) atoms. The molecule has 0 aliphatic carbocycles. The number of benzene rings is 2. The van der Waals surface area contributed by atoms with Crippen LogP contribution >= 0.6 is 0 Å². The lowest BCUT2D eigenvalue weighted by Crippen LogP contribution is -2.16. The van der Waals surface area contributed by atoms with Crippen molar-refractivity contribution in [2.75, 3.05) is 0 Å². The summed E-state index contributed by atoms with van der Waals surface area (Å²) in [4.78, 5) is 12.0. The molecule has 0 fully saturated rings. The minimum atomic E-state index is -0.0242. The van der Waals surface area contributed by atoms with E-state index in [0.717, 1.165) is 29.9 Å². The normalized spacial score (nSPS) is 11.0. The molecular formula is C27H38N2O2. The molecule has 0 saturated carbocycles. The fraction of sp³-hybridized carbons (Fsp3) is 0.481. The zero-order chi connectivity index (χ0) is 22.0. The number of carbonyl (C=O) groups is 1. The lowest BCUT2D eigenvalue weighted by Gasteiger charge is -2.05. The number of rotatable bonds is 16. The first-order valence-electron chi connectivity index (χ1n) is 11.9. The van der Waals surface area contributed by atoms with Crippen LogP contribution < -0.4 is 10.2 Å². The first-order valence-corrected chi connectivity index (χ1v) is 11.9. The second-order valence-electron chi connectivity index (χ2n) is 8.07. The van der Waals surface area contributed by atoms with Gasteiger partial charge in [0.25, 0.3) is 0 Å². The van der Waals surface area contributed by atoms with E-state index in [2.05, 4.69) is 17.5 Å². The van der Waals surface area contributed by atoms with E-state index in [1.807, 2.05) is 54.6 Å². The zero-order valence-corrected chi connectivity index (χ0v) is 19.0. The predicted molar refractivity (Wildman–Crippen MR) is 130 cm³/mol. The SMILES string of the molecule is CCCCCCCCCCCCCC(=O)N/N=C\c1cccc(Oc2ccccc2)c1. The maximum atomic E-state index is 12.0. The molecule has 2 aromatic carbocycles. The standard InChI is InChI=1S/C27H38N2O2/c1-2-3-4-5-6-7-8-9-10-11-15-21-27(30)29-28-23-24-17-16-20-26(22-24)31-25-18-13-12-14-19-25/h12-14,16-20,22-23H,2-11,15,21H2,1H3,(H,29,30)/b28-23-. The molecule has 0 spiro atoms. The lowest BCUT2D eigenvalue weighted by molar-refractivity contribution is -0.121. The van der Waals surface area contributed by atoms with Crippen LogP contribution in [0.4, 0.5) is 0 Å². The van der Waals surface area contributed by atoms with E-state index in [1.54, 1.807) is 6.21 Å². The van der Waals surface area contributed by atoms with Crippen LogP contribution in [0.1, 0.15) is 89.5 Å². The van der Waals surface area contributed by atoms with Gasteiger partial charge in [-0.2, -0.15) is 5.10 Å². The highest BCUT2D eigenvalue weighted by Crippen LogP contribution is 2.21. The Morgan fingerprint density at radius 2 is 1.42 bits per heavy atom. The zero-order valence-electron chi connectivity index (χ0n) is 19.0. The second kappa shape index (κ2) is 16.1. The van der Waals surface area contributed by atoms with Crippen LogP contribution in [-0.2, 0) is 4.79 Å². The Morgan fingerprint density at radius 3 is 2.10 bits per heavy atom. The molecule has 2 aromatic rings. The summed E-state index contributed by atoms with van der Waals surface area (Å²) in [6.07, 6.45) is 16.3. The van der Waals surface area contributed by atoms with Crippen LogP contribution in [0.3, 0.4) is 0 Å². The Bertz CT molecular complexity index is 759. The number of hydrogen-bond donors (Lipinski definition) is 1. The van der Waals surface area contributed by atoms with Gasteiger partial charge >= 0.3 is 0 Å². The molecule has 0 radical (unpaired) electrons. The van der Waals surface area contributed by atoms with Gasteiger partial charge in [-0.3, -0.25) is 4.79 Å². The van der Waals surface area contributed by atoms with E-state index in [4.69, 9.17) is 4.74 Å². The third-order valence-electron chi connectivity index (χ3n) is 5.25. The van der Waals surface area contributed by atoms with Crippen molar-refractivity contribution in [3.63, 3.8) is 0 Å². The molecule has 4 heteroatoms. The van der Waals surface area contributed by atoms with Gasteiger partial charge in [0.15, 0.2) is 0 Å². The lowest BCUT2D eigenvalue weighted by atomic mass is 10.1. The van der Waals surface area contributed by atoms with E-state index >= 15 is 0 Å². The van der Waals surface area contributed by atoms with Gasteiger partial charge in [-0.05, 0) is 36.2 Å². The third kappa shape index (κ3) is 12.0. The van der Waals surface area contributed by atoms with Crippen LogP contribution in [0.25, 0.3) is 0 Å². The number of carbonyl (C=O) groups excluding carboxylic acids is 1. The molecular weight excluding hydrogens is 384 g/mol. The Labute approximate surface area is 188 Å². The van der Waals surface area contributed by atoms with Gasteiger partial charge in [0, 0.05) is 6.42 Å². The Hall–Kier alpha value is -2.62. The minimum Gasteiger partial charge on any atom is -0.457 e. The first kappa shape index (κ1) is 24.6. The number of para-hydroxylation sites is 1. The summed E-state index contributed by atoms with van der Waals surface area (Å²) in [6.45, 7) is 2.26. The summed E-state index contributed by atoms with van der Waals surface area (Å²) in [6, 6.07) is 17.3. The van der Waals surface area contributed by atoms with Gasteiger partial charge in [0.1, 0.15) is 11.5 Å². The second-order valence-corrected chi connectivity index (χ2v) is 8.07. The topological polar surface area (TPSA) is 50.7 Å². The van der Waals surface area contributed by atoms with Crippen LogP contribution in [0.5, 0.6) is 11.5 Å². The summed E-state index contributed by atoms with van der Waals surface area (Å²) in [5, 5.41) is 4.08. The number of amides is 1. The molecule has 2 rings (SSSR count). The Balaban J connectivity index is 1.54. The fourth-order valence-corrected chi connectivity index (χ4v) is 3.47. The summed E-state index contributed by atoms with van der Waals surface area (Å²) in [5.74, 6) is 1.50. The van der Waals surface area contributed by atoms with Crippen molar-refractivity contribution in [1.29, 1.82) is 0 Å². The molecule has 0 aliphatic rings. The molecule has 4 nitrogen and oxygen atoms in total. The number of ether oxygens (including phenoxy) is 1. The van der Waals surface area contributed by atoms with E-state index in [1.165, 1.54) is 57.8 Å².